The minimum absolute atomic E-state index is 0.0841. The van der Waals surface area contributed by atoms with E-state index >= 15 is 0 Å². The first-order chi connectivity index (χ1) is 19.5. The number of carbonyl (C=O) groups excluding carboxylic acids is 3. The first-order valence-corrected chi connectivity index (χ1v) is 14.6. The number of fused-ring (bicyclic) bond motifs is 3. The number of anilines is 1. The van der Waals surface area contributed by atoms with E-state index in [1.54, 1.807) is 0 Å². The second-order valence-electron chi connectivity index (χ2n) is 12.5. The van der Waals surface area contributed by atoms with Crippen LogP contribution in [0.25, 0.3) is 0 Å². The summed E-state index contributed by atoms with van der Waals surface area (Å²) in [5, 5.41) is 5.92. The molecule has 6 heteroatoms. The van der Waals surface area contributed by atoms with Crippen molar-refractivity contribution in [3.05, 3.63) is 101 Å². The zero-order chi connectivity index (χ0) is 29.4. The van der Waals surface area contributed by atoms with Crippen LogP contribution in [0.4, 0.5) is 10.1 Å². The van der Waals surface area contributed by atoms with Gasteiger partial charge in [-0.25, -0.2) is 4.39 Å². The molecule has 0 heterocycles. The SMILES string of the molecule is CC(C)c1ccc2c(c1)C(=O)C[C@H]1[C@](C)(C(=O)N[C@@H](Cc3ccccc3)C(=O)Nc3ccc(F)cc3)CCC[C@]21C. The maximum absolute atomic E-state index is 14.2. The molecule has 5 nitrogen and oxygen atoms in total. The summed E-state index contributed by atoms with van der Waals surface area (Å²) in [6.07, 6.45) is 3.00. The molecule has 0 aliphatic heterocycles. The molecular formula is C35H39FN2O3. The normalized spacial score (nSPS) is 24.2. The Labute approximate surface area is 241 Å². The Morgan fingerprint density at radius 2 is 1.68 bits per heavy atom. The Morgan fingerprint density at radius 3 is 2.37 bits per heavy atom. The molecule has 1 saturated carbocycles. The minimum atomic E-state index is -0.847. The fourth-order valence-corrected chi connectivity index (χ4v) is 7.01. The van der Waals surface area contributed by atoms with E-state index in [9.17, 15) is 18.8 Å². The van der Waals surface area contributed by atoms with Crippen LogP contribution in [0.3, 0.4) is 0 Å². The molecule has 2 aliphatic carbocycles. The number of Topliss-reactive ketones (excluding diaryl/α,β-unsaturated/α-hetero) is 1. The second kappa shape index (κ2) is 11.2. The number of rotatable bonds is 7. The molecule has 0 aromatic heterocycles. The zero-order valence-corrected chi connectivity index (χ0v) is 24.3. The third-order valence-corrected chi connectivity index (χ3v) is 9.48. The number of hydrogen-bond acceptors (Lipinski definition) is 3. The third-order valence-electron chi connectivity index (χ3n) is 9.48. The Morgan fingerprint density at radius 1 is 0.976 bits per heavy atom. The molecule has 41 heavy (non-hydrogen) atoms. The lowest BCUT2D eigenvalue weighted by molar-refractivity contribution is -0.140. The summed E-state index contributed by atoms with van der Waals surface area (Å²) in [6.45, 7) is 8.41. The summed E-state index contributed by atoms with van der Waals surface area (Å²) >= 11 is 0. The number of ketones is 1. The van der Waals surface area contributed by atoms with Gasteiger partial charge in [0.25, 0.3) is 0 Å². The summed E-state index contributed by atoms with van der Waals surface area (Å²) in [4.78, 5) is 41.3. The summed E-state index contributed by atoms with van der Waals surface area (Å²) in [5.41, 5.74) is 3.18. The van der Waals surface area contributed by atoms with Crippen LogP contribution in [0, 0.1) is 17.2 Å². The molecule has 0 bridgehead atoms. The number of amides is 2. The zero-order valence-electron chi connectivity index (χ0n) is 24.3. The fraction of sp³-hybridized carbons (Fsp3) is 0.400. The van der Waals surface area contributed by atoms with Crippen molar-refractivity contribution in [2.45, 2.75) is 77.2 Å². The number of carbonyl (C=O) groups is 3. The lowest BCUT2D eigenvalue weighted by Crippen LogP contribution is -2.58. The molecule has 1 fully saturated rings. The molecule has 2 N–H and O–H groups in total. The Kier molecular flexibility index (Phi) is 7.87. The van der Waals surface area contributed by atoms with Gasteiger partial charge < -0.3 is 10.6 Å². The van der Waals surface area contributed by atoms with Gasteiger partial charge in [0.05, 0.1) is 5.41 Å². The largest absolute Gasteiger partial charge is 0.343 e. The van der Waals surface area contributed by atoms with Gasteiger partial charge in [0.2, 0.25) is 11.8 Å². The van der Waals surface area contributed by atoms with Crippen LogP contribution < -0.4 is 10.6 Å². The second-order valence-corrected chi connectivity index (χ2v) is 12.5. The van der Waals surface area contributed by atoms with Crippen molar-refractivity contribution in [1.29, 1.82) is 0 Å². The minimum Gasteiger partial charge on any atom is -0.343 e. The lowest BCUT2D eigenvalue weighted by atomic mass is 9.49. The molecule has 0 radical (unpaired) electrons. The van der Waals surface area contributed by atoms with E-state index in [2.05, 4.69) is 43.5 Å². The van der Waals surface area contributed by atoms with Crippen molar-refractivity contribution in [3.8, 4) is 0 Å². The molecule has 0 saturated heterocycles. The molecule has 0 unspecified atom stereocenters. The van der Waals surface area contributed by atoms with E-state index in [1.807, 2.05) is 43.3 Å². The molecule has 5 rings (SSSR count). The molecule has 2 aliphatic rings. The van der Waals surface area contributed by atoms with Gasteiger partial charge in [-0.15, -0.1) is 0 Å². The Balaban J connectivity index is 1.44. The molecule has 0 spiro atoms. The van der Waals surface area contributed by atoms with Crippen molar-refractivity contribution in [2.24, 2.45) is 11.3 Å². The highest BCUT2D eigenvalue weighted by atomic mass is 19.1. The van der Waals surface area contributed by atoms with Gasteiger partial charge in [-0.1, -0.05) is 76.6 Å². The summed E-state index contributed by atoms with van der Waals surface area (Å²) in [6, 6.07) is 20.5. The van der Waals surface area contributed by atoms with Gasteiger partial charge in [0.1, 0.15) is 11.9 Å². The number of halogens is 1. The van der Waals surface area contributed by atoms with Crippen molar-refractivity contribution in [2.75, 3.05) is 5.32 Å². The molecule has 3 aromatic rings. The van der Waals surface area contributed by atoms with Gasteiger partial charge >= 0.3 is 0 Å². The monoisotopic (exact) mass is 554 g/mol. The van der Waals surface area contributed by atoms with Crippen LogP contribution in [-0.2, 0) is 21.4 Å². The van der Waals surface area contributed by atoms with Gasteiger partial charge in [0, 0.05) is 24.1 Å². The van der Waals surface area contributed by atoms with Crippen molar-refractivity contribution < 1.29 is 18.8 Å². The first-order valence-electron chi connectivity index (χ1n) is 14.6. The third kappa shape index (κ3) is 5.57. The first kappa shape index (κ1) is 28.7. The van der Waals surface area contributed by atoms with E-state index in [4.69, 9.17) is 0 Å². The van der Waals surface area contributed by atoms with Crippen LogP contribution in [0.5, 0.6) is 0 Å². The average molecular weight is 555 g/mol. The van der Waals surface area contributed by atoms with E-state index in [-0.39, 0.29) is 28.9 Å². The van der Waals surface area contributed by atoms with Gasteiger partial charge in [-0.3, -0.25) is 14.4 Å². The van der Waals surface area contributed by atoms with E-state index in [0.29, 0.717) is 30.9 Å². The topological polar surface area (TPSA) is 75.3 Å². The maximum atomic E-state index is 14.2. The molecular weight excluding hydrogens is 515 g/mol. The average Bonchev–Trinajstić information content (AvgIpc) is 2.95. The highest BCUT2D eigenvalue weighted by Gasteiger charge is 2.57. The van der Waals surface area contributed by atoms with Gasteiger partial charge in [-0.2, -0.15) is 0 Å². The van der Waals surface area contributed by atoms with Crippen molar-refractivity contribution in [1.82, 2.24) is 5.32 Å². The summed E-state index contributed by atoms with van der Waals surface area (Å²) < 4.78 is 13.4. The van der Waals surface area contributed by atoms with E-state index < -0.39 is 17.3 Å². The fourth-order valence-electron chi connectivity index (χ4n) is 7.01. The summed E-state index contributed by atoms with van der Waals surface area (Å²) in [5.74, 6) is -0.758. The molecule has 214 valence electrons. The van der Waals surface area contributed by atoms with E-state index in [0.717, 1.165) is 35.1 Å². The maximum Gasteiger partial charge on any atom is 0.247 e. The van der Waals surface area contributed by atoms with Crippen molar-refractivity contribution in [3.63, 3.8) is 0 Å². The van der Waals surface area contributed by atoms with Crippen molar-refractivity contribution >= 4 is 23.3 Å². The molecule has 2 amide bonds. The van der Waals surface area contributed by atoms with E-state index in [1.165, 1.54) is 24.3 Å². The number of nitrogens with one attached hydrogen (secondary N) is 2. The standard InChI is InChI=1S/C35H39FN2O3/c1-22(2)24-11-16-28-27(20-24)30(39)21-31-34(28,3)17-8-18-35(31,4)33(41)38-29(19-23-9-6-5-7-10-23)32(40)37-26-14-12-25(36)13-15-26/h5-7,9-16,20,22,29,31H,8,17-19,21H2,1-4H3,(H,37,40)(H,38,41)/t29-,31+,34+,35+/m0/s1. The van der Waals surface area contributed by atoms with Crippen LogP contribution in [-0.4, -0.2) is 23.6 Å². The predicted octanol–water partition coefficient (Wildman–Crippen LogP) is 6.97. The number of hydrogen-bond donors (Lipinski definition) is 2. The quantitative estimate of drug-likeness (QED) is 0.331. The highest BCUT2D eigenvalue weighted by Crippen LogP contribution is 2.57. The smallest absolute Gasteiger partial charge is 0.247 e. The van der Waals surface area contributed by atoms with Crippen LogP contribution in [0.15, 0.2) is 72.8 Å². The lowest BCUT2D eigenvalue weighted by Gasteiger charge is -2.54. The van der Waals surface area contributed by atoms with Gasteiger partial charge in [-0.05, 0) is 77.1 Å². The molecule has 4 atom stereocenters. The van der Waals surface area contributed by atoms with Crippen LogP contribution >= 0.6 is 0 Å². The summed E-state index contributed by atoms with van der Waals surface area (Å²) in [7, 11) is 0. The Hall–Kier alpha value is -3.80. The predicted molar refractivity (Wildman–Crippen MR) is 159 cm³/mol. The number of benzene rings is 3. The van der Waals surface area contributed by atoms with Gasteiger partial charge in [0.15, 0.2) is 5.78 Å². The van der Waals surface area contributed by atoms with Crippen LogP contribution in [0.2, 0.25) is 0 Å². The van der Waals surface area contributed by atoms with Crippen LogP contribution in [0.1, 0.15) is 86.3 Å². The molecule has 3 aromatic carbocycles. The Bertz CT molecular complexity index is 1450. The highest BCUT2D eigenvalue weighted by molar-refractivity contribution is 6.01.